The van der Waals surface area contributed by atoms with Crippen LogP contribution < -0.4 is 5.32 Å². The van der Waals surface area contributed by atoms with Crippen LogP contribution in [0.4, 0.5) is 4.79 Å². The van der Waals surface area contributed by atoms with Gasteiger partial charge in [-0.25, -0.2) is 9.59 Å². The van der Waals surface area contributed by atoms with E-state index in [-0.39, 0.29) is 12.6 Å². The second-order valence-electron chi connectivity index (χ2n) is 4.02. The van der Waals surface area contributed by atoms with Gasteiger partial charge in [0.25, 0.3) is 0 Å². The number of carbonyl (C=O) groups excluding carboxylic acids is 1. The minimum Gasteiger partial charge on any atom is -0.479 e. The molecule has 0 aromatic heterocycles. The molecule has 0 aromatic rings. The minimum atomic E-state index is -1.09. The lowest BCUT2D eigenvalue weighted by Gasteiger charge is -2.21. The Morgan fingerprint density at radius 3 is 2.38 bits per heavy atom. The van der Waals surface area contributed by atoms with Crippen molar-refractivity contribution in [2.45, 2.75) is 20.0 Å². The van der Waals surface area contributed by atoms with Gasteiger partial charge >= 0.3 is 12.0 Å². The van der Waals surface area contributed by atoms with Crippen molar-refractivity contribution >= 4 is 12.0 Å². The maximum absolute atomic E-state index is 11.5. The molecule has 1 unspecified atom stereocenters. The number of nitrogens with one attached hydrogen (secondary N) is 1. The lowest BCUT2D eigenvalue weighted by Crippen LogP contribution is -2.44. The highest BCUT2D eigenvalue weighted by Crippen LogP contribution is 1.96. The molecule has 2 N–H and O–H groups in total. The molecule has 0 spiro atoms. The summed E-state index contributed by atoms with van der Waals surface area (Å²) in [4.78, 5) is 23.6. The summed E-state index contributed by atoms with van der Waals surface area (Å²) in [5.74, 6) is -0.720. The predicted molar refractivity (Wildman–Crippen MR) is 59.3 cm³/mol. The van der Waals surface area contributed by atoms with Gasteiger partial charge < -0.3 is 20.1 Å². The number of nitrogens with zero attached hydrogens (tertiary/aromatic N) is 1. The number of hydrogen-bond acceptors (Lipinski definition) is 3. The number of ether oxygens (including phenoxy) is 1. The second-order valence-corrected chi connectivity index (χ2v) is 4.02. The molecule has 1 atom stereocenters. The zero-order valence-electron chi connectivity index (χ0n) is 10.2. The number of hydrogen-bond donors (Lipinski definition) is 2. The molecular formula is C10H20N2O4. The van der Waals surface area contributed by atoms with E-state index >= 15 is 0 Å². The first-order valence-electron chi connectivity index (χ1n) is 5.13. The lowest BCUT2D eigenvalue weighted by molar-refractivity contribution is -0.148. The highest BCUT2D eigenvalue weighted by Gasteiger charge is 2.18. The SMILES string of the molecule is COC(CNC(=O)N(C)CC(C)C)C(=O)O. The van der Waals surface area contributed by atoms with Gasteiger partial charge in [-0.2, -0.15) is 0 Å². The summed E-state index contributed by atoms with van der Waals surface area (Å²) < 4.78 is 4.69. The number of carboxylic acids is 1. The summed E-state index contributed by atoms with van der Waals surface area (Å²) in [5.41, 5.74) is 0. The van der Waals surface area contributed by atoms with Crippen molar-refractivity contribution in [2.75, 3.05) is 27.2 Å². The Kier molecular flexibility index (Phi) is 6.48. The molecule has 0 bridgehead atoms. The molecule has 0 aliphatic rings. The molecule has 0 heterocycles. The van der Waals surface area contributed by atoms with E-state index in [0.29, 0.717) is 12.5 Å². The molecule has 6 heteroatoms. The van der Waals surface area contributed by atoms with Crippen molar-refractivity contribution in [1.29, 1.82) is 0 Å². The van der Waals surface area contributed by atoms with Crippen LogP contribution in [0.15, 0.2) is 0 Å². The monoisotopic (exact) mass is 232 g/mol. The van der Waals surface area contributed by atoms with E-state index in [1.165, 1.54) is 12.0 Å². The van der Waals surface area contributed by atoms with Crippen LogP contribution in [0.1, 0.15) is 13.8 Å². The number of methoxy groups -OCH3 is 1. The van der Waals surface area contributed by atoms with Crippen molar-refractivity contribution in [3.63, 3.8) is 0 Å². The molecule has 0 saturated heterocycles. The van der Waals surface area contributed by atoms with Crippen molar-refractivity contribution in [3.05, 3.63) is 0 Å². The maximum Gasteiger partial charge on any atom is 0.334 e. The van der Waals surface area contributed by atoms with Crippen LogP contribution in [0.25, 0.3) is 0 Å². The molecule has 0 aliphatic heterocycles. The van der Waals surface area contributed by atoms with Crippen LogP contribution in [-0.4, -0.2) is 55.4 Å². The highest BCUT2D eigenvalue weighted by atomic mass is 16.5. The maximum atomic E-state index is 11.5. The predicted octanol–water partition coefficient (Wildman–Crippen LogP) is 0.383. The van der Waals surface area contributed by atoms with Crippen molar-refractivity contribution in [2.24, 2.45) is 5.92 Å². The third-order valence-electron chi connectivity index (χ3n) is 1.98. The molecule has 0 aliphatic carbocycles. The highest BCUT2D eigenvalue weighted by molar-refractivity contribution is 5.76. The summed E-state index contributed by atoms with van der Waals surface area (Å²) in [6, 6.07) is -0.294. The van der Waals surface area contributed by atoms with Crippen LogP contribution in [-0.2, 0) is 9.53 Å². The molecule has 16 heavy (non-hydrogen) atoms. The first kappa shape index (κ1) is 14.7. The normalized spacial score (nSPS) is 12.3. The molecule has 0 saturated carbocycles. The van der Waals surface area contributed by atoms with E-state index in [2.05, 4.69) is 5.32 Å². The van der Waals surface area contributed by atoms with Crippen LogP contribution >= 0.6 is 0 Å². The smallest absolute Gasteiger partial charge is 0.334 e. The quantitative estimate of drug-likeness (QED) is 0.694. The van der Waals surface area contributed by atoms with Gasteiger partial charge in [-0.3, -0.25) is 0 Å². The largest absolute Gasteiger partial charge is 0.479 e. The van der Waals surface area contributed by atoms with Crippen LogP contribution in [0, 0.1) is 5.92 Å². The standard InChI is InChI=1S/C10H20N2O4/c1-7(2)6-12(3)10(15)11-5-8(16-4)9(13)14/h7-8H,5-6H2,1-4H3,(H,11,15)(H,13,14). The Morgan fingerprint density at radius 1 is 1.44 bits per heavy atom. The topological polar surface area (TPSA) is 78.9 Å². The average molecular weight is 232 g/mol. The average Bonchev–Trinajstić information content (AvgIpc) is 2.16. The fourth-order valence-corrected chi connectivity index (χ4v) is 1.22. The zero-order chi connectivity index (χ0) is 12.7. The third-order valence-corrected chi connectivity index (χ3v) is 1.98. The Labute approximate surface area is 95.6 Å². The van der Waals surface area contributed by atoms with Gasteiger partial charge in [0.15, 0.2) is 6.10 Å². The van der Waals surface area contributed by atoms with Gasteiger partial charge in [0.2, 0.25) is 0 Å². The molecule has 0 radical (unpaired) electrons. The number of carbonyl (C=O) groups is 2. The zero-order valence-corrected chi connectivity index (χ0v) is 10.2. The van der Waals surface area contributed by atoms with E-state index in [0.717, 1.165) is 0 Å². The van der Waals surface area contributed by atoms with Gasteiger partial charge in [-0.15, -0.1) is 0 Å². The second kappa shape index (κ2) is 7.05. The fraction of sp³-hybridized carbons (Fsp3) is 0.800. The Bertz CT molecular complexity index is 243. The summed E-state index contributed by atoms with van der Waals surface area (Å²) in [7, 11) is 2.96. The number of amides is 2. The molecule has 2 amide bonds. The van der Waals surface area contributed by atoms with Crippen LogP contribution in [0.5, 0.6) is 0 Å². The number of aliphatic carboxylic acids is 1. The lowest BCUT2D eigenvalue weighted by atomic mass is 10.2. The van der Waals surface area contributed by atoms with E-state index in [1.807, 2.05) is 13.8 Å². The van der Waals surface area contributed by atoms with Crippen LogP contribution in [0.3, 0.4) is 0 Å². The number of rotatable bonds is 6. The van der Waals surface area contributed by atoms with Gasteiger partial charge in [0.05, 0.1) is 6.54 Å². The third kappa shape index (κ3) is 5.55. The molecule has 94 valence electrons. The molecule has 0 rings (SSSR count). The fourth-order valence-electron chi connectivity index (χ4n) is 1.22. The summed E-state index contributed by atoms with van der Waals surface area (Å²) in [6.07, 6.45) is -1.00. The van der Waals surface area contributed by atoms with Gasteiger partial charge in [-0.1, -0.05) is 13.8 Å². The van der Waals surface area contributed by atoms with Crippen LogP contribution in [0.2, 0.25) is 0 Å². The van der Waals surface area contributed by atoms with E-state index in [9.17, 15) is 9.59 Å². The summed E-state index contributed by atoms with van der Waals surface area (Å²) in [6.45, 7) is 4.58. The van der Waals surface area contributed by atoms with Crippen molar-refractivity contribution in [1.82, 2.24) is 10.2 Å². The number of urea groups is 1. The minimum absolute atomic E-state index is 0.0346. The van der Waals surface area contributed by atoms with Crippen molar-refractivity contribution in [3.8, 4) is 0 Å². The van der Waals surface area contributed by atoms with E-state index < -0.39 is 12.1 Å². The Balaban J connectivity index is 4.00. The van der Waals surface area contributed by atoms with Gasteiger partial charge in [0.1, 0.15) is 0 Å². The first-order valence-corrected chi connectivity index (χ1v) is 5.13. The number of carboxylic acid groups (broad SMARTS) is 1. The Hall–Kier alpha value is -1.30. The molecule has 0 fully saturated rings. The van der Waals surface area contributed by atoms with Crippen molar-refractivity contribution < 1.29 is 19.4 Å². The summed E-state index contributed by atoms with van der Waals surface area (Å²) in [5, 5.41) is 11.2. The molecular weight excluding hydrogens is 212 g/mol. The molecule has 0 aromatic carbocycles. The first-order chi connectivity index (χ1) is 7.38. The Morgan fingerprint density at radius 2 is 2.00 bits per heavy atom. The van der Waals surface area contributed by atoms with E-state index in [1.54, 1.807) is 7.05 Å². The van der Waals surface area contributed by atoms with Gasteiger partial charge in [-0.05, 0) is 5.92 Å². The molecule has 6 nitrogen and oxygen atoms in total. The van der Waals surface area contributed by atoms with Gasteiger partial charge in [0, 0.05) is 20.7 Å². The summed E-state index contributed by atoms with van der Waals surface area (Å²) >= 11 is 0. The van der Waals surface area contributed by atoms with E-state index in [4.69, 9.17) is 9.84 Å².